The molecule has 0 unspecified atom stereocenters. The fourth-order valence-electron chi connectivity index (χ4n) is 3.42. The summed E-state index contributed by atoms with van der Waals surface area (Å²) in [6, 6.07) is 8.88. The van der Waals surface area contributed by atoms with Gasteiger partial charge in [-0.15, -0.1) is 11.3 Å². The van der Waals surface area contributed by atoms with Gasteiger partial charge in [-0.1, -0.05) is 6.07 Å². The highest BCUT2D eigenvalue weighted by molar-refractivity contribution is 7.16. The number of pyridine rings is 2. The fourth-order valence-corrected chi connectivity index (χ4v) is 4.39. The molecule has 7 nitrogen and oxygen atoms in total. The van der Waals surface area contributed by atoms with Crippen LogP contribution in [0.15, 0.2) is 42.7 Å². The summed E-state index contributed by atoms with van der Waals surface area (Å²) in [4.78, 5) is 16.7. The van der Waals surface area contributed by atoms with Gasteiger partial charge in [0.25, 0.3) is 0 Å². The average Bonchev–Trinajstić information content (AvgIpc) is 3.31. The number of anilines is 3. The van der Waals surface area contributed by atoms with E-state index >= 15 is 0 Å². The highest BCUT2D eigenvalue weighted by atomic mass is 32.1. The number of aryl methyl sites for hydroxylation is 1. The number of aromatic nitrogens is 5. The van der Waals surface area contributed by atoms with Gasteiger partial charge < -0.3 is 10.2 Å². The molecule has 1 aliphatic heterocycles. The molecule has 5 heterocycles. The molecule has 0 atom stereocenters. The Morgan fingerprint density at radius 1 is 1.24 bits per heavy atom. The van der Waals surface area contributed by atoms with Crippen molar-refractivity contribution in [3.05, 3.63) is 64.8 Å². The first kappa shape index (κ1) is 17.7. The molecule has 5 rings (SSSR count). The van der Waals surface area contributed by atoms with Crippen molar-refractivity contribution in [2.75, 3.05) is 16.8 Å². The van der Waals surface area contributed by atoms with Gasteiger partial charge in [-0.2, -0.15) is 5.10 Å². The second-order valence-electron chi connectivity index (χ2n) is 6.82. The minimum atomic E-state index is -0.303. The van der Waals surface area contributed by atoms with Gasteiger partial charge in [0.1, 0.15) is 17.5 Å². The summed E-state index contributed by atoms with van der Waals surface area (Å²) in [5.74, 6) is 1.30. The highest BCUT2D eigenvalue weighted by Gasteiger charge is 2.26. The molecule has 0 spiro atoms. The van der Waals surface area contributed by atoms with Crippen molar-refractivity contribution >= 4 is 28.1 Å². The summed E-state index contributed by atoms with van der Waals surface area (Å²) < 4.78 is 14.1. The number of hydrogen-bond donors (Lipinski definition) is 2. The second-order valence-corrected chi connectivity index (χ2v) is 7.90. The zero-order valence-corrected chi connectivity index (χ0v) is 16.5. The lowest BCUT2D eigenvalue weighted by Gasteiger charge is -2.21. The smallest absolute Gasteiger partial charge is 0.189 e. The van der Waals surface area contributed by atoms with Crippen LogP contribution in [0, 0.1) is 12.7 Å². The van der Waals surface area contributed by atoms with Crippen molar-refractivity contribution in [1.29, 1.82) is 0 Å². The number of H-pyrrole nitrogens is 1. The molecule has 0 saturated carbocycles. The highest BCUT2D eigenvalue weighted by Crippen LogP contribution is 2.39. The lowest BCUT2D eigenvalue weighted by Crippen LogP contribution is -2.26. The molecule has 4 aromatic rings. The van der Waals surface area contributed by atoms with E-state index in [1.807, 2.05) is 25.1 Å². The van der Waals surface area contributed by atoms with E-state index in [2.05, 4.69) is 30.4 Å². The van der Waals surface area contributed by atoms with Gasteiger partial charge in [-0.05, 0) is 31.2 Å². The molecule has 0 bridgehead atoms. The maximum atomic E-state index is 14.1. The van der Waals surface area contributed by atoms with Gasteiger partial charge in [0.2, 0.25) is 0 Å². The first-order valence-electron chi connectivity index (χ1n) is 9.26. The van der Waals surface area contributed by atoms with E-state index in [-0.39, 0.29) is 5.82 Å². The number of hydrogen-bond acceptors (Lipinski definition) is 7. The first-order chi connectivity index (χ1) is 14.2. The molecule has 29 heavy (non-hydrogen) atoms. The van der Waals surface area contributed by atoms with E-state index in [1.54, 1.807) is 29.8 Å². The minimum Gasteiger partial charge on any atom is -0.350 e. The van der Waals surface area contributed by atoms with E-state index in [9.17, 15) is 4.39 Å². The first-order valence-corrected chi connectivity index (χ1v) is 10.1. The lowest BCUT2D eigenvalue weighted by molar-refractivity contribution is 0.591. The molecule has 9 heteroatoms. The van der Waals surface area contributed by atoms with Crippen LogP contribution < -0.4 is 10.2 Å². The Kier molecular flexibility index (Phi) is 4.44. The molecule has 0 amide bonds. The van der Waals surface area contributed by atoms with Crippen LogP contribution in [-0.4, -0.2) is 31.7 Å². The summed E-state index contributed by atoms with van der Waals surface area (Å²) >= 11 is 1.61. The Morgan fingerprint density at radius 3 is 3.03 bits per heavy atom. The lowest BCUT2D eigenvalue weighted by atomic mass is 10.2. The number of thiazole rings is 1. The van der Waals surface area contributed by atoms with Crippen molar-refractivity contribution in [3.63, 3.8) is 0 Å². The summed E-state index contributed by atoms with van der Waals surface area (Å²) in [6.45, 7) is 3.04. The van der Waals surface area contributed by atoms with Crippen LogP contribution >= 0.6 is 11.3 Å². The largest absolute Gasteiger partial charge is 0.350 e. The predicted molar refractivity (Wildman–Crippen MR) is 111 cm³/mol. The van der Waals surface area contributed by atoms with Crippen LogP contribution in [0.4, 0.5) is 21.2 Å². The minimum absolute atomic E-state index is 0.303. The third kappa shape index (κ3) is 3.44. The summed E-state index contributed by atoms with van der Waals surface area (Å²) in [6.07, 6.45) is 4.18. The molecule has 1 aliphatic rings. The van der Waals surface area contributed by atoms with E-state index < -0.39 is 0 Å². The molecular weight excluding hydrogens is 389 g/mol. The van der Waals surface area contributed by atoms with Crippen LogP contribution in [0.25, 0.3) is 11.3 Å². The normalized spacial score (nSPS) is 13.0. The standard InChI is InChI=1S/C20H18FN7S/c1-12-4-2-6-17(24-12)25-20-26-18-13-10-23-27-19(13)28(9-7-16(18)29-20)11-15-14(21)5-3-8-22-15/h2-6,8,10H,7,9,11H2,1H3,(H,23,27)(H,24,25,26). The molecule has 0 saturated heterocycles. The van der Waals surface area contributed by atoms with E-state index in [0.717, 1.165) is 45.0 Å². The fraction of sp³-hybridized carbons (Fsp3) is 0.200. The number of halogens is 1. The van der Waals surface area contributed by atoms with Crippen LogP contribution in [0.1, 0.15) is 16.3 Å². The number of nitrogens with zero attached hydrogens (tertiary/aromatic N) is 5. The quantitative estimate of drug-likeness (QED) is 0.531. The van der Waals surface area contributed by atoms with Crippen molar-refractivity contribution in [1.82, 2.24) is 25.1 Å². The second kappa shape index (κ2) is 7.25. The number of fused-ring (bicyclic) bond motifs is 3. The van der Waals surface area contributed by atoms with Gasteiger partial charge in [0, 0.05) is 29.7 Å². The van der Waals surface area contributed by atoms with Crippen molar-refractivity contribution < 1.29 is 4.39 Å². The molecule has 0 aliphatic carbocycles. The molecule has 2 N–H and O–H groups in total. The summed E-state index contributed by atoms with van der Waals surface area (Å²) in [5, 5.41) is 11.4. The van der Waals surface area contributed by atoms with E-state index in [1.165, 1.54) is 6.07 Å². The Labute approximate surface area is 170 Å². The zero-order chi connectivity index (χ0) is 19.8. The predicted octanol–water partition coefficient (Wildman–Crippen LogP) is 4.08. The third-order valence-corrected chi connectivity index (χ3v) is 5.83. The molecule has 0 aromatic carbocycles. The van der Waals surface area contributed by atoms with E-state index in [0.29, 0.717) is 18.8 Å². The summed E-state index contributed by atoms with van der Waals surface area (Å²) in [7, 11) is 0. The van der Waals surface area contributed by atoms with Crippen molar-refractivity contribution in [2.45, 2.75) is 19.9 Å². The molecule has 146 valence electrons. The van der Waals surface area contributed by atoms with Gasteiger partial charge >= 0.3 is 0 Å². The SMILES string of the molecule is Cc1cccc(Nc2nc3c(s2)CCN(Cc2ncccc2F)c2[nH]ncc2-3)n1. The summed E-state index contributed by atoms with van der Waals surface area (Å²) in [5.41, 5.74) is 3.18. The van der Waals surface area contributed by atoms with Crippen LogP contribution in [0.3, 0.4) is 0 Å². The van der Waals surface area contributed by atoms with E-state index in [4.69, 9.17) is 4.98 Å². The number of nitrogens with one attached hydrogen (secondary N) is 2. The molecule has 0 fully saturated rings. The number of rotatable bonds is 4. The van der Waals surface area contributed by atoms with Crippen molar-refractivity contribution in [2.24, 2.45) is 0 Å². The van der Waals surface area contributed by atoms with Crippen LogP contribution in [0.5, 0.6) is 0 Å². The van der Waals surface area contributed by atoms with Gasteiger partial charge in [-0.3, -0.25) is 10.1 Å². The Hall–Kier alpha value is -3.33. The van der Waals surface area contributed by atoms with Crippen molar-refractivity contribution in [3.8, 4) is 11.3 Å². The van der Waals surface area contributed by atoms with Gasteiger partial charge in [0.05, 0.1) is 29.7 Å². The monoisotopic (exact) mass is 407 g/mol. The Morgan fingerprint density at radius 2 is 2.17 bits per heavy atom. The van der Waals surface area contributed by atoms with Gasteiger partial charge in [-0.25, -0.2) is 14.4 Å². The Balaban J connectivity index is 1.45. The van der Waals surface area contributed by atoms with Crippen LogP contribution in [0.2, 0.25) is 0 Å². The maximum Gasteiger partial charge on any atom is 0.189 e. The number of aromatic amines is 1. The maximum absolute atomic E-state index is 14.1. The third-order valence-electron chi connectivity index (χ3n) is 4.80. The average molecular weight is 407 g/mol. The van der Waals surface area contributed by atoms with Crippen LogP contribution in [-0.2, 0) is 13.0 Å². The zero-order valence-electron chi connectivity index (χ0n) is 15.7. The molecule has 0 radical (unpaired) electrons. The molecule has 4 aromatic heterocycles. The van der Waals surface area contributed by atoms with Gasteiger partial charge in [0.15, 0.2) is 5.13 Å². The Bertz CT molecular complexity index is 1170. The molecular formula is C20H18FN7S. The topological polar surface area (TPSA) is 82.6 Å².